The van der Waals surface area contributed by atoms with Crippen LogP contribution in [0.25, 0.3) is 5.70 Å². The van der Waals surface area contributed by atoms with E-state index in [-0.39, 0.29) is 11.5 Å². The van der Waals surface area contributed by atoms with Gasteiger partial charge in [0, 0.05) is 28.8 Å². The quantitative estimate of drug-likeness (QED) is 0.822. The molecule has 1 aromatic carbocycles. The molecule has 118 valence electrons. The molecule has 0 aromatic heterocycles. The Balaban J connectivity index is 1.88. The second-order valence-electron chi connectivity index (χ2n) is 7.77. The fraction of sp³-hybridized carbons (Fsp3) is 0.550. The predicted octanol–water partition coefficient (Wildman–Crippen LogP) is 4.35. The zero-order valence-electron chi connectivity index (χ0n) is 14.0. The van der Waals surface area contributed by atoms with Crippen LogP contribution in [0, 0.1) is 11.8 Å². The minimum absolute atomic E-state index is 0.000321. The average Bonchev–Trinajstić information content (AvgIpc) is 2.46. The molecule has 1 aromatic rings. The van der Waals surface area contributed by atoms with E-state index in [0.717, 1.165) is 25.0 Å². The lowest BCUT2D eigenvalue weighted by atomic mass is 9.79. The molecule has 0 amide bonds. The Labute approximate surface area is 134 Å². The van der Waals surface area contributed by atoms with Crippen LogP contribution >= 0.6 is 0 Å². The minimum Gasteiger partial charge on any atom is -0.379 e. The summed E-state index contributed by atoms with van der Waals surface area (Å²) in [6.07, 6.45) is 7.44. The van der Waals surface area contributed by atoms with Gasteiger partial charge in [-0.05, 0) is 44.6 Å². The number of fused-ring (bicyclic) bond motifs is 1. The molecule has 0 unspecified atom stereocenters. The number of nitrogens with one attached hydrogen (secondary N) is 1. The summed E-state index contributed by atoms with van der Waals surface area (Å²) in [5.41, 5.74) is 3.54. The van der Waals surface area contributed by atoms with Gasteiger partial charge < -0.3 is 5.32 Å². The molecule has 0 spiro atoms. The summed E-state index contributed by atoms with van der Waals surface area (Å²) >= 11 is 0. The summed E-state index contributed by atoms with van der Waals surface area (Å²) in [6.45, 7) is 6.66. The molecule has 2 atom stereocenters. The molecule has 2 nitrogen and oxygen atoms in total. The molecule has 2 aliphatic rings. The van der Waals surface area contributed by atoms with Crippen molar-refractivity contribution in [3.8, 4) is 0 Å². The van der Waals surface area contributed by atoms with E-state index in [1.165, 1.54) is 24.0 Å². The van der Waals surface area contributed by atoms with E-state index in [0.29, 0.717) is 11.7 Å². The third-order valence-electron chi connectivity index (χ3n) is 5.04. The summed E-state index contributed by atoms with van der Waals surface area (Å²) in [5.74, 6) is 1.21. The SMILES string of the molecule is C[C@H]1CCC[C@H](C(=O)C=C2NC(C)(C)Cc3ccccc32)C1. The number of hydrogen-bond donors (Lipinski definition) is 1. The fourth-order valence-corrected chi connectivity index (χ4v) is 3.96. The van der Waals surface area contributed by atoms with E-state index in [1.807, 2.05) is 6.08 Å². The third kappa shape index (κ3) is 3.26. The molecule has 0 radical (unpaired) electrons. The standard InChI is InChI=1S/C20H27NO/c1-14-7-6-9-15(11-14)19(22)12-18-17-10-5-4-8-16(17)13-20(2,3)21-18/h4-5,8,10,12,14-15,21H,6-7,9,11,13H2,1-3H3/t14-,15-/m0/s1. The Bertz CT molecular complexity index is 599. The van der Waals surface area contributed by atoms with Crippen molar-refractivity contribution in [2.75, 3.05) is 0 Å². The van der Waals surface area contributed by atoms with Crippen molar-refractivity contribution in [1.82, 2.24) is 5.32 Å². The number of benzene rings is 1. The zero-order valence-corrected chi connectivity index (χ0v) is 14.0. The van der Waals surface area contributed by atoms with Gasteiger partial charge in [0.1, 0.15) is 0 Å². The molecule has 1 saturated carbocycles. The number of allylic oxidation sites excluding steroid dienone is 1. The first kappa shape index (κ1) is 15.3. The van der Waals surface area contributed by atoms with Gasteiger partial charge in [-0.25, -0.2) is 0 Å². The number of hydrogen-bond acceptors (Lipinski definition) is 2. The topological polar surface area (TPSA) is 29.1 Å². The minimum atomic E-state index is 0.000321. The van der Waals surface area contributed by atoms with Gasteiger partial charge in [-0.3, -0.25) is 4.79 Å². The number of carbonyl (C=O) groups excluding carboxylic acids is 1. The Morgan fingerprint density at radius 3 is 2.82 bits per heavy atom. The van der Waals surface area contributed by atoms with Crippen molar-refractivity contribution in [3.05, 3.63) is 41.5 Å². The smallest absolute Gasteiger partial charge is 0.160 e. The first-order chi connectivity index (χ1) is 10.4. The second-order valence-corrected chi connectivity index (χ2v) is 7.77. The summed E-state index contributed by atoms with van der Waals surface area (Å²) in [4.78, 5) is 12.7. The van der Waals surface area contributed by atoms with E-state index >= 15 is 0 Å². The first-order valence-corrected chi connectivity index (χ1v) is 8.56. The molecule has 22 heavy (non-hydrogen) atoms. The van der Waals surface area contributed by atoms with Crippen LogP contribution in [0.4, 0.5) is 0 Å². The molecule has 1 aliphatic carbocycles. The largest absolute Gasteiger partial charge is 0.379 e. The van der Waals surface area contributed by atoms with Gasteiger partial charge in [-0.15, -0.1) is 0 Å². The lowest BCUT2D eigenvalue weighted by Crippen LogP contribution is -2.44. The van der Waals surface area contributed by atoms with Gasteiger partial charge in [0.05, 0.1) is 0 Å². The molecule has 3 rings (SSSR count). The van der Waals surface area contributed by atoms with Crippen molar-refractivity contribution in [2.24, 2.45) is 11.8 Å². The lowest BCUT2D eigenvalue weighted by Gasteiger charge is -2.36. The molecule has 1 aliphatic heterocycles. The van der Waals surface area contributed by atoms with Crippen LogP contribution in [-0.4, -0.2) is 11.3 Å². The van der Waals surface area contributed by atoms with Crippen LogP contribution in [0.3, 0.4) is 0 Å². The zero-order chi connectivity index (χ0) is 15.7. The van der Waals surface area contributed by atoms with Gasteiger partial charge in [0.25, 0.3) is 0 Å². The molecular weight excluding hydrogens is 270 g/mol. The van der Waals surface area contributed by atoms with Gasteiger partial charge >= 0.3 is 0 Å². The Kier molecular flexibility index (Phi) is 4.12. The van der Waals surface area contributed by atoms with Gasteiger partial charge in [0.15, 0.2) is 5.78 Å². The maximum atomic E-state index is 12.7. The Morgan fingerprint density at radius 2 is 2.05 bits per heavy atom. The molecule has 1 fully saturated rings. The highest BCUT2D eigenvalue weighted by Crippen LogP contribution is 2.32. The Morgan fingerprint density at radius 1 is 1.27 bits per heavy atom. The van der Waals surface area contributed by atoms with Crippen molar-refractivity contribution < 1.29 is 4.79 Å². The number of rotatable bonds is 2. The second kappa shape index (κ2) is 5.91. The first-order valence-electron chi connectivity index (χ1n) is 8.56. The summed E-state index contributed by atoms with van der Waals surface area (Å²) in [6, 6.07) is 8.45. The van der Waals surface area contributed by atoms with Crippen LogP contribution in [0.2, 0.25) is 0 Å². The molecule has 2 heteroatoms. The van der Waals surface area contributed by atoms with Crippen molar-refractivity contribution in [3.63, 3.8) is 0 Å². The van der Waals surface area contributed by atoms with Crippen LogP contribution in [0.5, 0.6) is 0 Å². The van der Waals surface area contributed by atoms with E-state index in [9.17, 15) is 4.79 Å². The van der Waals surface area contributed by atoms with Crippen LogP contribution in [0.15, 0.2) is 30.3 Å². The van der Waals surface area contributed by atoms with E-state index in [2.05, 4.69) is 50.4 Å². The monoisotopic (exact) mass is 297 g/mol. The van der Waals surface area contributed by atoms with Gasteiger partial charge in [0.2, 0.25) is 0 Å². The van der Waals surface area contributed by atoms with Crippen LogP contribution in [0.1, 0.15) is 57.6 Å². The van der Waals surface area contributed by atoms with Crippen molar-refractivity contribution in [2.45, 2.75) is 58.4 Å². The van der Waals surface area contributed by atoms with Gasteiger partial charge in [-0.1, -0.05) is 44.0 Å². The van der Waals surface area contributed by atoms with Crippen LogP contribution in [-0.2, 0) is 11.2 Å². The van der Waals surface area contributed by atoms with Crippen molar-refractivity contribution >= 4 is 11.5 Å². The molecule has 1 heterocycles. The fourth-order valence-electron chi connectivity index (χ4n) is 3.96. The highest BCUT2D eigenvalue weighted by molar-refractivity contribution is 5.98. The highest BCUT2D eigenvalue weighted by Gasteiger charge is 2.29. The number of ketones is 1. The summed E-state index contributed by atoms with van der Waals surface area (Å²) in [5, 5.41) is 3.57. The highest BCUT2D eigenvalue weighted by atomic mass is 16.1. The lowest BCUT2D eigenvalue weighted by molar-refractivity contribution is -0.119. The predicted molar refractivity (Wildman–Crippen MR) is 91.5 cm³/mol. The van der Waals surface area contributed by atoms with E-state index in [4.69, 9.17) is 0 Å². The molecular formula is C20H27NO. The molecule has 1 N–H and O–H groups in total. The molecule has 0 bridgehead atoms. The van der Waals surface area contributed by atoms with Crippen molar-refractivity contribution in [1.29, 1.82) is 0 Å². The summed E-state index contributed by atoms with van der Waals surface area (Å²) < 4.78 is 0. The summed E-state index contributed by atoms with van der Waals surface area (Å²) in [7, 11) is 0. The molecule has 0 saturated heterocycles. The third-order valence-corrected chi connectivity index (χ3v) is 5.04. The van der Waals surface area contributed by atoms with Gasteiger partial charge in [-0.2, -0.15) is 0 Å². The number of carbonyl (C=O) groups is 1. The Hall–Kier alpha value is -1.57. The van der Waals surface area contributed by atoms with E-state index in [1.54, 1.807) is 0 Å². The maximum absolute atomic E-state index is 12.7. The maximum Gasteiger partial charge on any atom is 0.160 e. The van der Waals surface area contributed by atoms with Crippen LogP contribution < -0.4 is 5.32 Å². The average molecular weight is 297 g/mol. The van der Waals surface area contributed by atoms with E-state index < -0.39 is 0 Å². The normalized spacial score (nSPS) is 28.8.